The Morgan fingerprint density at radius 3 is 1.40 bits per heavy atom. The van der Waals surface area contributed by atoms with Crippen LogP contribution in [0.5, 0.6) is 11.5 Å². The highest BCUT2D eigenvalue weighted by Crippen LogP contribution is 2.36. The van der Waals surface area contributed by atoms with E-state index in [4.69, 9.17) is 58.8 Å². The lowest BCUT2D eigenvalue weighted by atomic mass is 10.0. The molecule has 468 valence electrons. The summed E-state index contributed by atoms with van der Waals surface area (Å²) in [6.45, 7) is 19.5. The summed E-state index contributed by atoms with van der Waals surface area (Å²) in [5.41, 5.74) is 45.1. The first kappa shape index (κ1) is 67.7. The highest BCUT2D eigenvalue weighted by Gasteiger charge is 2.20. The summed E-state index contributed by atoms with van der Waals surface area (Å²) in [6, 6.07) is 25.9. The van der Waals surface area contributed by atoms with Gasteiger partial charge in [0.25, 0.3) is 0 Å². The van der Waals surface area contributed by atoms with E-state index in [1.165, 1.54) is 49.9 Å². The molecule has 0 radical (unpaired) electrons. The van der Waals surface area contributed by atoms with Gasteiger partial charge in [-0.3, -0.25) is 0 Å². The van der Waals surface area contributed by atoms with E-state index >= 15 is 0 Å². The SMILES string of the molecule is CCCCc1cc(-c2nc(CCc3cc(N)nc(N)n3)c(CCC)s2)ccc1C.CCCOc1cccc(-c2nc(CCc3nc(N)cc(N)n3)c(CCC)s2)c1.CCCc1sc(-c2ccc(C)c(OCC(C)(C)O)c2)nc1CCc1nc(N)cc(N)n1. The van der Waals surface area contributed by atoms with Crippen molar-refractivity contribution in [1.29, 1.82) is 0 Å². The topological polar surface area (TPSA) is 311 Å². The zero-order valence-corrected chi connectivity index (χ0v) is 55.2. The number of nitrogen functional groups attached to an aromatic ring is 6. The fourth-order valence-corrected chi connectivity index (χ4v) is 13.2. The molecule has 0 aliphatic rings. The number of aromatic nitrogens is 9. The molecule has 0 aliphatic carbocycles. The fraction of sp³-hybridized carbons (Fsp3) is 0.418. The minimum absolute atomic E-state index is 0.227. The number of anilines is 6. The van der Waals surface area contributed by atoms with E-state index in [0.717, 1.165) is 144 Å². The lowest BCUT2D eigenvalue weighted by molar-refractivity contribution is 0.0283. The van der Waals surface area contributed by atoms with Crippen molar-refractivity contribution in [2.45, 2.75) is 171 Å². The summed E-state index contributed by atoms with van der Waals surface area (Å²) in [6.07, 6.45) is 15.2. The van der Waals surface area contributed by atoms with Gasteiger partial charge in [-0.15, -0.1) is 34.0 Å². The van der Waals surface area contributed by atoms with E-state index in [0.29, 0.717) is 53.6 Å². The van der Waals surface area contributed by atoms with Crippen molar-refractivity contribution in [3.8, 4) is 43.2 Å². The van der Waals surface area contributed by atoms with Crippen molar-refractivity contribution in [3.63, 3.8) is 0 Å². The smallest absolute Gasteiger partial charge is 0.222 e. The number of hydrogen-bond acceptors (Lipinski definition) is 21. The number of aliphatic hydroxyl groups is 1. The number of nitrogens with two attached hydrogens (primary N) is 6. The summed E-state index contributed by atoms with van der Waals surface area (Å²) < 4.78 is 11.6. The molecule has 0 unspecified atom stereocenters. The summed E-state index contributed by atoms with van der Waals surface area (Å²) >= 11 is 5.29. The van der Waals surface area contributed by atoms with Gasteiger partial charge in [-0.05, 0) is 133 Å². The van der Waals surface area contributed by atoms with Crippen LogP contribution in [0.4, 0.5) is 35.0 Å². The van der Waals surface area contributed by atoms with Crippen molar-refractivity contribution in [3.05, 3.63) is 145 Å². The van der Waals surface area contributed by atoms with Crippen LogP contribution >= 0.6 is 34.0 Å². The lowest BCUT2D eigenvalue weighted by Gasteiger charge is -2.19. The third kappa shape index (κ3) is 20.6. The van der Waals surface area contributed by atoms with Gasteiger partial charge in [0, 0.05) is 68.1 Å². The van der Waals surface area contributed by atoms with Gasteiger partial charge in [-0.1, -0.05) is 96.7 Å². The first-order valence-electron chi connectivity index (χ1n) is 30.6. The summed E-state index contributed by atoms with van der Waals surface area (Å²) in [5, 5.41) is 13.1. The largest absolute Gasteiger partial charge is 0.494 e. The number of aryl methyl sites for hydroxylation is 12. The molecular formula is C67H89N15O3S3. The van der Waals surface area contributed by atoms with E-state index in [1.54, 1.807) is 54.7 Å². The van der Waals surface area contributed by atoms with Crippen LogP contribution in [0.1, 0.15) is 153 Å². The molecule has 0 spiro atoms. The van der Waals surface area contributed by atoms with Gasteiger partial charge in [0.2, 0.25) is 5.95 Å². The Labute approximate surface area is 531 Å². The maximum absolute atomic E-state index is 9.98. The first-order valence-corrected chi connectivity index (χ1v) is 33.1. The molecule has 6 heterocycles. The van der Waals surface area contributed by atoms with Crippen LogP contribution in [0.2, 0.25) is 0 Å². The van der Waals surface area contributed by atoms with E-state index in [-0.39, 0.29) is 12.6 Å². The van der Waals surface area contributed by atoms with Crippen molar-refractivity contribution in [2.75, 3.05) is 47.6 Å². The molecule has 0 saturated heterocycles. The van der Waals surface area contributed by atoms with Gasteiger partial charge in [-0.2, -0.15) is 4.98 Å². The molecule has 9 aromatic rings. The van der Waals surface area contributed by atoms with Crippen LogP contribution in [0.3, 0.4) is 0 Å². The number of thiazole rings is 3. The quantitative estimate of drug-likeness (QED) is 0.0252. The van der Waals surface area contributed by atoms with Gasteiger partial charge in [-0.25, -0.2) is 39.9 Å². The third-order valence-corrected chi connectivity index (χ3v) is 17.6. The molecule has 13 N–H and O–H groups in total. The molecule has 21 heteroatoms. The zero-order chi connectivity index (χ0) is 63.3. The molecule has 0 aliphatic heterocycles. The number of unbranched alkanes of at least 4 members (excludes halogenated alkanes) is 1. The second-order valence-corrected chi connectivity index (χ2v) is 25.8. The Bertz CT molecular complexity index is 3630. The number of rotatable bonds is 27. The van der Waals surface area contributed by atoms with Gasteiger partial charge < -0.3 is 49.0 Å². The van der Waals surface area contributed by atoms with Crippen LogP contribution < -0.4 is 43.9 Å². The van der Waals surface area contributed by atoms with Crippen molar-refractivity contribution >= 4 is 69.0 Å². The van der Waals surface area contributed by atoms with E-state index in [9.17, 15) is 5.11 Å². The van der Waals surface area contributed by atoms with Crippen LogP contribution in [0.15, 0.2) is 78.9 Å². The number of ether oxygens (including phenoxy) is 2. The Kier molecular flexibility index (Phi) is 25.3. The number of benzene rings is 3. The monoisotopic (exact) mass is 1250 g/mol. The van der Waals surface area contributed by atoms with Crippen LogP contribution in [0, 0.1) is 13.8 Å². The molecule has 9 rings (SSSR count). The van der Waals surface area contributed by atoms with Crippen LogP contribution in [-0.4, -0.2) is 68.8 Å². The van der Waals surface area contributed by atoms with E-state index < -0.39 is 5.60 Å². The Morgan fingerprint density at radius 1 is 0.443 bits per heavy atom. The van der Waals surface area contributed by atoms with Crippen LogP contribution in [0.25, 0.3) is 31.7 Å². The van der Waals surface area contributed by atoms with Crippen molar-refractivity contribution in [1.82, 2.24) is 44.9 Å². The minimum Gasteiger partial charge on any atom is -0.494 e. The Balaban J connectivity index is 0.000000189. The molecular weight excluding hydrogens is 1160 g/mol. The van der Waals surface area contributed by atoms with Gasteiger partial charge in [0.15, 0.2) is 0 Å². The zero-order valence-electron chi connectivity index (χ0n) is 52.7. The minimum atomic E-state index is -0.891. The summed E-state index contributed by atoms with van der Waals surface area (Å²) in [7, 11) is 0. The predicted octanol–water partition coefficient (Wildman–Crippen LogP) is 13.4. The fourth-order valence-electron chi connectivity index (χ4n) is 9.57. The first-order chi connectivity index (χ1) is 42.2. The lowest BCUT2D eigenvalue weighted by Crippen LogP contribution is -2.28. The Hall–Kier alpha value is -7.85. The molecule has 0 saturated carbocycles. The maximum atomic E-state index is 9.98. The second kappa shape index (κ2) is 32.9. The molecule has 0 amide bonds. The molecule has 0 fully saturated rings. The Morgan fingerprint density at radius 2 is 0.920 bits per heavy atom. The maximum Gasteiger partial charge on any atom is 0.222 e. The standard InChI is InChI=1S/C23H31N5O2S.C23H31N5S.C21H27N5OS/c1-5-6-18-16(9-10-21-27-19(24)12-20(25)28-21)26-22(31-18)15-8-7-14(2)17(11-15)30-13-23(3,4)29;1-4-6-8-16-13-17(10-9-15(16)3)22-27-19(20(29-22)7-5-2)12-11-18-14-21(24)28-23(25)26-18;1-3-6-17-16(9-10-20-25-18(22)13-19(23)26-20)24-21(28-17)14-7-5-8-15(12-14)27-11-4-2/h7-8,11-12,29H,5-6,9-10,13H2,1-4H3,(H4,24,25,27,28);9-10,13-14H,4-8,11-12H2,1-3H3,(H4,24,25,26,28);5,7-8,12-13H,3-4,6,9-11H2,1-2H3,(H4,22,23,25,26). The third-order valence-electron chi connectivity index (χ3n) is 14.0. The summed E-state index contributed by atoms with van der Waals surface area (Å²) in [4.78, 5) is 44.2. The average molecular weight is 1250 g/mol. The second-order valence-electron chi connectivity index (χ2n) is 22.5. The molecule has 3 aromatic carbocycles. The average Bonchev–Trinajstić information content (AvgIpc) is 4.42. The van der Waals surface area contributed by atoms with E-state index in [1.807, 2.05) is 42.5 Å². The molecule has 0 bridgehead atoms. The molecule has 6 aromatic heterocycles. The van der Waals surface area contributed by atoms with Gasteiger partial charge >= 0.3 is 0 Å². The van der Waals surface area contributed by atoms with Crippen LogP contribution in [-0.2, 0) is 64.2 Å². The summed E-state index contributed by atoms with van der Waals surface area (Å²) in [5.74, 6) is 5.15. The highest BCUT2D eigenvalue weighted by atomic mass is 32.1. The van der Waals surface area contributed by atoms with Crippen molar-refractivity contribution < 1.29 is 14.6 Å². The predicted molar refractivity (Wildman–Crippen MR) is 365 cm³/mol. The molecule has 0 atom stereocenters. The van der Waals surface area contributed by atoms with Crippen molar-refractivity contribution in [2.24, 2.45) is 0 Å². The highest BCUT2D eigenvalue weighted by molar-refractivity contribution is 7.15. The molecule has 18 nitrogen and oxygen atoms in total. The van der Waals surface area contributed by atoms with E-state index in [2.05, 4.69) is 108 Å². The molecule has 88 heavy (non-hydrogen) atoms. The number of nitrogens with zero attached hydrogens (tertiary/aromatic N) is 9. The van der Waals surface area contributed by atoms with Gasteiger partial charge in [0.05, 0.1) is 29.3 Å². The normalized spacial score (nSPS) is 11.2. The number of hydrogen-bond donors (Lipinski definition) is 7. The van der Waals surface area contributed by atoms with Gasteiger partial charge in [0.1, 0.15) is 73.9 Å².